The van der Waals surface area contributed by atoms with Crippen molar-refractivity contribution >= 4 is 32.7 Å². The zero-order chi connectivity index (χ0) is 34.3. The second-order valence-electron chi connectivity index (χ2n) is 14.8. The predicted octanol–water partition coefficient (Wildman–Crippen LogP) is 4.58. The van der Waals surface area contributed by atoms with Crippen molar-refractivity contribution in [1.29, 1.82) is 0 Å². The Bertz CT molecular complexity index is 2120. The number of methoxy groups -OCH3 is 1. The summed E-state index contributed by atoms with van der Waals surface area (Å²) < 4.78 is 36.9. The minimum Gasteiger partial charge on any atom is -0.496 e. The molecule has 6 aliphatic rings. The second kappa shape index (κ2) is 11.9. The normalized spacial score (nSPS) is 26.4. The maximum Gasteiger partial charge on any atom is 0.300 e. The fraction of sp³-hybridized carbons (Fsp3) is 0.474. The van der Waals surface area contributed by atoms with E-state index < -0.39 is 21.1 Å². The Labute approximate surface area is 292 Å². The van der Waals surface area contributed by atoms with Crippen LogP contribution >= 0.6 is 0 Å². The van der Waals surface area contributed by atoms with Crippen molar-refractivity contribution in [2.75, 3.05) is 27.2 Å². The first-order chi connectivity index (χ1) is 24.2. The summed E-state index contributed by atoms with van der Waals surface area (Å²) in [6.45, 7) is 2.16. The van der Waals surface area contributed by atoms with Crippen molar-refractivity contribution in [2.45, 2.75) is 87.0 Å². The number of piperazine rings is 1. The Balaban J connectivity index is 1.19. The van der Waals surface area contributed by atoms with Crippen molar-refractivity contribution in [3.8, 4) is 5.75 Å². The highest BCUT2D eigenvalue weighted by Gasteiger charge is 2.50. The van der Waals surface area contributed by atoms with Gasteiger partial charge in [0, 0.05) is 61.1 Å². The summed E-state index contributed by atoms with van der Waals surface area (Å²) in [6.07, 6.45) is 15.3. The molecule has 5 heterocycles. The maximum atomic E-state index is 14.9. The summed E-state index contributed by atoms with van der Waals surface area (Å²) in [7, 11) is -0.460. The van der Waals surface area contributed by atoms with Gasteiger partial charge in [0.15, 0.2) is 0 Å². The first kappa shape index (κ1) is 31.7. The number of sulfonamides is 1. The fourth-order valence-electron chi connectivity index (χ4n) is 9.82. The molecule has 2 bridgehead atoms. The van der Waals surface area contributed by atoms with Crippen LogP contribution in [0, 0.1) is 5.92 Å². The monoisotopic (exact) mass is 694 g/mol. The van der Waals surface area contributed by atoms with Gasteiger partial charge >= 0.3 is 0 Å². The number of fused-ring (bicyclic) bond motifs is 8. The van der Waals surface area contributed by atoms with E-state index in [1.54, 1.807) is 7.11 Å². The number of nitrogens with one attached hydrogen (secondary N) is 1. The molecule has 3 aliphatic heterocycles. The number of carbonyl (C=O) groups is 2. The lowest BCUT2D eigenvalue weighted by Gasteiger charge is -2.43. The van der Waals surface area contributed by atoms with Crippen LogP contribution < -0.4 is 9.46 Å². The lowest BCUT2D eigenvalue weighted by Crippen LogP contribution is -2.56. The number of hydrogen-bond donors (Lipinski definition) is 1. The molecule has 3 aromatic rings. The SMILES string of the molecule is COc1ccc(C2CCCCC2)c2c1cc1n2CC2=C(C(=O)NS(=O)(=O)c3ncccn3)C2=C2C=CC[C@@H](C(=O)N3C4CCC3CN(C)C4)C21. The lowest BCUT2D eigenvalue weighted by atomic mass is 9.75. The summed E-state index contributed by atoms with van der Waals surface area (Å²) in [5.74, 6) is 0.00405. The van der Waals surface area contributed by atoms with E-state index in [2.05, 4.69) is 66.5 Å². The third-order valence-electron chi connectivity index (χ3n) is 12.0. The largest absolute Gasteiger partial charge is 0.496 e. The Morgan fingerprint density at radius 1 is 1.00 bits per heavy atom. The molecule has 1 N–H and O–H groups in total. The minimum absolute atomic E-state index is 0.174. The van der Waals surface area contributed by atoms with Crippen LogP contribution in [0.1, 0.15) is 74.5 Å². The number of likely N-dealkylation sites (N-methyl/N-ethyl adjacent to an activating group) is 1. The third kappa shape index (κ3) is 4.97. The van der Waals surface area contributed by atoms with Crippen LogP contribution in [0.5, 0.6) is 5.75 Å². The predicted molar refractivity (Wildman–Crippen MR) is 187 cm³/mol. The summed E-state index contributed by atoms with van der Waals surface area (Å²) in [6, 6.07) is 8.43. The van der Waals surface area contributed by atoms with Gasteiger partial charge in [0.05, 0.1) is 24.1 Å². The molecule has 1 aromatic carbocycles. The molecule has 2 amide bonds. The summed E-state index contributed by atoms with van der Waals surface area (Å²) >= 11 is 0. The number of rotatable bonds is 6. The van der Waals surface area contributed by atoms with E-state index in [-0.39, 0.29) is 29.8 Å². The van der Waals surface area contributed by atoms with Gasteiger partial charge in [0.2, 0.25) is 5.91 Å². The van der Waals surface area contributed by atoms with Gasteiger partial charge in [-0.25, -0.2) is 14.7 Å². The maximum absolute atomic E-state index is 14.9. The number of carbonyl (C=O) groups excluding carboxylic acids is 2. The molecule has 3 fully saturated rings. The van der Waals surface area contributed by atoms with E-state index in [4.69, 9.17) is 4.74 Å². The molecule has 2 aromatic heterocycles. The van der Waals surface area contributed by atoms with E-state index in [1.807, 2.05) is 0 Å². The topological polar surface area (TPSA) is 127 Å². The molecule has 260 valence electrons. The van der Waals surface area contributed by atoms with Gasteiger partial charge in [-0.1, -0.05) is 37.5 Å². The van der Waals surface area contributed by atoms with Crippen LogP contribution in [-0.2, 0) is 26.2 Å². The molecule has 4 atom stereocenters. The molecule has 1 saturated carbocycles. The zero-order valence-electron chi connectivity index (χ0n) is 28.5. The number of ether oxygens (including phenoxy) is 1. The molecule has 9 rings (SSSR count). The molecular weight excluding hydrogens is 653 g/mol. The first-order valence-corrected chi connectivity index (χ1v) is 19.4. The van der Waals surface area contributed by atoms with Crippen LogP contribution in [0.25, 0.3) is 10.9 Å². The number of hydrogen-bond acceptors (Lipinski definition) is 8. The number of benzene rings is 1. The average Bonchev–Trinajstić information content (AvgIpc) is 3.66. The van der Waals surface area contributed by atoms with Gasteiger partial charge in [-0.3, -0.25) is 9.59 Å². The highest BCUT2D eigenvalue weighted by Crippen LogP contribution is 2.55. The van der Waals surface area contributed by atoms with Crippen molar-refractivity contribution < 1.29 is 22.7 Å². The highest BCUT2D eigenvalue weighted by molar-refractivity contribution is 7.89. The number of nitrogens with zero attached hydrogens (tertiary/aromatic N) is 5. The fourth-order valence-corrected chi connectivity index (χ4v) is 10.7. The Kier molecular flexibility index (Phi) is 7.54. The van der Waals surface area contributed by atoms with Gasteiger partial charge in [0.25, 0.3) is 21.1 Å². The number of amides is 2. The molecule has 2 saturated heterocycles. The summed E-state index contributed by atoms with van der Waals surface area (Å²) in [5, 5.41) is 0.563. The van der Waals surface area contributed by atoms with E-state index in [0.29, 0.717) is 24.5 Å². The Morgan fingerprint density at radius 3 is 2.46 bits per heavy atom. The van der Waals surface area contributed by atoms with Crippen LogP contribution in [0.2, 0.25) is 0 Å². The second-order valence-corrected chi connectivity index (χ2v) is 16.4. The van der Waals surface area contributed by atoms with Gasteiger partial charge in [-0.15, -0.1) is 0 Å². The van der Waals surface area contributed by atoms with Crippen LogP contribution in [0.4, 0.5) is 0 Å². The third-order valence-corrected chi connectivity index (χ3v) is 13.1. The molecular formula is C38H42N6O5S. The average molecular weight is 695 g/mol. The van der Waals surface area contributed by atoms with Crippen molar-refractivity contribution in [2.24, 2.45) is 5.92 Å². The van der Waals surface area contributed by atoms with Gasteiger partial charge < -0.3 is 19.1 Å². The molecule has 0 spiro atoms. The molecule has 3 unspecified atom stereocenters. The van der Waals surface area contributed by atoms with E-state index in [1.165, 1.54) is 43.3 Å². The van der Waals surface area contributed by atoms with Crippen LogP contribution in [-0.4, -0.2) is 83.9 Å². The standard InChI is InChI=1S/C38H42N6O5S/c1-42-19-23-12-13-24(20-42)44(23)37(46)27-11-6-10-26-32(27)30-18-28-31(49-2)15-14-25(22-8-4-3-5-9-22)35(28)43(30)21-29-33(26)34(29)36(45)41-50(47,48)38-39-16-7-17-40-38/h6-7,10,14-18,22-24,27,32H,3-5,8-9,11-13,19-21H2,1-2H3,(H,41,45)/t23?,24?,27-,32?/m1/s1. The van der Waals surface area contributed by atoms with E-state index >= 15 is 0 Å². The van der Waals surface area contributed by atoms with Crippen LogP contribution in [0.15, 0.2) is 76.3 Å². The van der Waals surface area contributed by atoms with Gasteiger partial charge in [-0.2, -0.15) is 8.42 Å². The number of likely N-dealkylation sites (tertiary alicyclic amines) is 1. The van der Waals surface area contributed by atoms with Crippen LogP contribution in [0.3, 0.4) is 0 Å². The first-order valence-electron chi connectivity index (χ1n) is 17.9. The Hall–Kier alpha value is -4.29. The number of aromatic nitrogens is 3. The van der Waals surface area contributed by atoms with Crippen molar-refractivity contribution in [1.82, 2.24) is 29.1 Å². The Morgan fingerprint density at radius 2 is 1.74 bits per heavy atom. The van der Waals surface area contributed by atoms with Gasteiger partial charge in [-0.05, 0) is 85.6 Å². The minimum atomic E-state index is -4.29. The quantitative estimate of drug-likeness (QED) is 0.372. The molecule has 50 heavy (non-hydrogen) atoms. The van der Waals surface area contributed by atoms with E-state index in [9.17, 15) is 18.0 Å². The smallest absolute Gasteiger partial charge is 0.300 e. The highest BCUT2D eigenvalue weighted by atomic mass is 32.2. The number of allylic oxidation sites excluding steroid dienone is 4. The summed E-state index contributed by atoms with van der Waals surface area (Å²) in [4.78, 5) is 41.0. The molecule has 12 heteroatoms. The summed E-state index contributed by atoms with van der Waals surface area (Å²) in [5.41, 5.74) is 6.28. The molecule has 0 radical (unpaired) electrons. The molecule has 3 aliphatic carbocycles. The zero-order valence-corrected chi connectivity index (χ0v) is 29.3. The van der Waals surface area contributed by atoms with E-state index in [0.717, 1.165) is 77.8 Å². The van der Waals surface area contributed by atoms with Gasteiger partial charge in [0.1, 0.15) is 5.75 Å². The molecule has 11 nitrogen and oxygen atoms in total. The van der Waals surface area contributed by atoms with Crippen molar-refractivity contribution in [3.63, 3.8) is 0 Å². The lowest BCUT2D eigenvalue weighted by molar-refractivity contribution is -0.141. The van der Waals surface area contributed by atoms with Crippen molar-refractivity contribution in [3.05, 3.63) is 82.4 Å².